The molecule has 0 aromatic rings. The highest BCUT2D eigenvalue weighted by molar-refractivity contribution is 6.71. The number of ether oxygens (including phenoxy) is 1. The lowest BCUT2D eigenvalue weighted by Gasteiger charge is -2.41. The summed E-state index contributed by atoms with van der Waals surface area (Å²) in [7, 11) is -6.05. The third-order valence-corrected chi connectivity index (χ3v) is 6.89. The van der Waals surface area contributed by atoms with Gasteiger partial charge in [-0.25, -0.2) is 0 Å². The van der Waals surface area contributed by atoms with Gasteiger partial charge in [0.1, 0.15) is 0 Å². The lowest BCUT2D eigenvalue weighted by atomic mass is 9.58. The molecule has 0 spiro atoms. The summed E-state index contributed by atoms with van der Waals surface area (Å²) in [6.45, 7) is 29.6. The largest absolute Gasteiger partial charge is 0.615 e. The predicted octanol–water partition coefficient (Wildman–Crippen LogP) is 4.91. The Morgan fingerprint density at radius 1 is 0.682 bits per heavy atom. The topological polar surface area (TPSA) is 111 Å². The maximum Gasteiger partial charge on any atom is 0.615 e. The summed E-state index contributed by atoms with van der Waals surface area (Å²) >= 11 is 0. The SMILES string of the molecule is CC1CC(C)(C)OB2OB(OB(C(C)(C)C)O2)OC(C)CC(C)(C)OB2OB(OB(OC(C)(C)CC(C)OC(C)(C)C)O2)O1. The van der Waals surface area contributed by atoms with Crippen LogP contribution in [0.1, 0.15) is 123 Å². The molecule has 3 unspecified atom stereocenters. The van der Waals surface area contributed by atoms with Crippen LogP contribution >= 0.6 is 0 Å². The monoisotopic (exact) mass is 624 g/mol. The number of hydrogen-bond acceptors (Lipinski definition) is 12. The zero-order chi connectivity index (χ0) is 33.3. The van der Waals surface area contributed by atoms with Gasteiger partial charge in [-0.05, 0) is 101 Å². The Kier molecular flexibility index (Phi) is 12.7. The van der Waals surface area contributed by atoms with Crippen molar-refractivity contribution in [1.82, 2.24) is 0 Å². The quantitative estimate of drug-likeness (QED) is 0.388. The highest BCUT2D eigenvalue weighted by Crippen LogP contribution is 2.34. The molecule has 0 aromatic carbocycles. The van der Waals surface area contributed by atoms with Crippen molar-refractivity contribution >= 4 is 43.7 Å². The highest BCUT2D eigenvalue weighted by atomic mass is 16.9. The fraction of sp³-hybridized carbons (Fsp3) is 1.00. The van der Waals surface area contributed by atoms with E-state index in [1.54, 1.807) is 0 Å². The summed E-state index contributed by atoms with van der Waals surface area (Å²) in [5.41, 5.74) is -2.45. The van der Waals surface area contributed by atoms with Gasteiger partial charge in [0.25, 0.3) is 0 Å². The molecule has 0 aromatic heterocycles. The van der Waals surface area contributed by atoms with E-state index >= 15 is 0 Å². The number of rotatable bonds is 5. The maximum absolute atomic E-state index is 6.31. The second kappa shape index (κ2) is 14.6. The number of hydrogen-bond donors (Lipinski definition) is 0. The average molecular weight is 624 g/mol. The molecule has 248 valence electrons. The molecule has 3 aliphatic rings. The van der Waals surface area contributed by atoms with Crippen molar-refractivity contribution in [1.29, 1.82) is 0 Å². The van der Waals surface area contributed by atoms with Crippen LogP contribution in [0.4, 0.5) is 0 Å². The molecule has 44 heavy (non-hydrogen) atoms. The van der Waals surface area contributed by atoms with Gasteiger partial charge in [-0.3, -0.25) is 0 Å². The average Bonchev–Trinajstić information content (AvgIpc) is 2.73. The van der Waals surface area contributed by atoms with Crippen LogP contribution in [0.25, 0.3) is 0 Å². The molecule has 3 heterocycles. The Bertz CT molecular complexity index is 917. The fourth-order valence-electron chi connectivity index (χ4n) is 5.58. The molecule has 3 fully saturated rings. The summed E-state index contributed by atoms with van der Waals surface area (Å²) in [6.07, 6.45) is 0.683. The van der Waals surface area contributed by atoms with E-state index in [1.807, 2.05) is 104 Å². The summed E-state index contributed by atoms with van der Waals surface area (Å²) in [4.78, 5) is 0. The van der Waals surface area contributed by atoms with Gasteiger partial charge in [-0.1, -0.05) is 20.8 Å². The molecule has 12 nitrogen and oxygen atoms in total. The summed E-state index contributed by atoms with van der Waals surface area (Å²) < 4.78 is 73.4. The van der Waals surface area contributed by atoms with Crippen LogP contribution in [0.3, 0.4) is 0 Å². The van der Waals surface area contributed by atoms with E-state index in [9.17, 15) is 0 Å². The lowest BCUT2D eigenvalue weighted by Crippen LogP contribution is -2.59. The van der Waals surface area contributed by atoms with Crippen molar-refractivity contribution in [2.45, 2.75) is 169 Å². The van der Waals surface area contributed by atoms with E-state index in [0.29, 0.717) is 19.3 Å². The third-order valence-electron chi connectivity index (χ3n) is 6.89. The molecule has 3 rings (SSSR count). The maximum atomic E-state index is 6.31. The molecular formula is C26H54B6O12. The Labute approximate surface area is 268 Å². The van der Waals surface area contributed by atoms with Crippen molar-refractivity contribution in [2.24, 2.45) is 0 Å². The second-order valence-corrected chi connectivity index (χ2v) is 16.1. The van der Waals surface area contributed by atoms with Crippen molar-refractivity contribution in [3.8, 4) is 0 Å². The van der Waals surface area contributed by atoms with E-state index in [4.69, 9.17) is 55.4 Å². The normalized spacial score (nSPS) is 27.1. The number of fused-ring (bicyclic) bond motifs is 4. The molecule has 3 aliphatic heterocycles. The molecule has 3 atom stereocenters. The molecule has 0 saturated carbocycles. The Balaban J connectivity index is 1.79. The molecule has 4 bridgehead atoms. The molecule has 0 aliphatic carbocycles. The van der Waals surface area contributed by atoms with E-state index in [0.717, 1.165) is 0 Å². The third kappa shape index (κ3) is 13.2. The molecular weight excluding hydrogens is 569 g/mol. The predicted molar refractivity (Wildman–Crippen MR) is 171 cm³/mol. The molecule has 0 radical (unpaired) electrons. The Morgan fingerprint density at radius 3 is 1.59 bits per heavy atom. The fourth-order valence-corrected chi connectivity index (χ4v) is 5.58. The smallest absolute Gasteiger partial charge is 0.426 e. The summed E-state index contributed by atoms with van der Waals surface area (Å²) in [6, 6.07) is 0. The van der Waals surface area contributed by atoms with Crippen molar-refractivity contribution < 1.29 is 55.4 Å². The minimum Gasteiger partial charge on any atom is -0.426 e. The first-order valence-corrected chi connectivity index (χ1v) is 15.8. The van der Waals surface area contributed by atoms with Crippen LogP contribution < -0.4 is 0 Å². The van der Waals surface area contributed by atoms with Gasteiger partial charge in [0, 0.05) is 18.6 Å². The van der Waals surface area contributed by atoms with E-state index in [2.05, 4.69) is 0 Å². The Morgan fingerprint density at radius 2 is 1.11 bits per heavy atom. The first-order valence-electron chi connectivity index (χ1n) is 15.8. The van der Waals surface area contributed by atoms with Crippen molar-refractivity contribution in [3.05, 3.63) is 0 Å². The highest BCUT2D eigenvalue weighted by Gasteiger charge is 2.54. The minimum atomic E-state index is -1.14. The first kappa shape index (κ1) is 38.4. The first-order chi connectivity index (χ1) is 19.9. The van der Waals surface area contributed by atoms with E-state index < -0.39 is 60.5 Å². The Hall–Kier alpha value is -0.0904. The zero-order valence-electron chi connectivity index (χ0n) is 29.7. The molecule has 18 heteroatoms. The molecule has 0 amide bonds. The minimum absolute atomic E-state index is 0.0692. The summed E-state index contributed by atoms with van der Waals surface area (Å²) in [5, 5.41) is -0.353. The van der Waals surface area contributed by atoms with E-state index in [-0.39, 0.29) is 29.2 Å². The summed E-state index contributed by atoms with van der Waals surface area (Å²) in [5.74, 6) is 0. The van der Waals surface area contributed by atoms with Crippen molar-refractivity contribution in [2.75, 3.05) is 0 Å². The molecule has 3 saturated heterocycles. The van der Waals surface area contributed by atoms with Crippen molar-refractivity contribution in [3.63, 3.8) is 0 Å². The molecule has 0 N–H and O–H groups in total. The van der Waals surface area contributed by atoms with E-state index in [1.165, 1.54) is 0 Å². The van der Waals surface area contributed by atoms with Gasteiger partial charge in [0.2, 0.25) is 0 Å². The second-order valence-electron chi connectivity index (χ2n) is 16.1. The zero-order valence-corrected chi connectivity index (χ0v) is 29.7. The van der Waals surface area contributed by atoms with Gasteiger partial charge in [0.15, 0.2) is 0 Å². The van der Waals surface area contributed by atoms with Crippen LogP contribution in [0, 0.1) is 0 Å². The van der Waals surface area contributed by atoms with Gasteiger partial charge < -0.3 is 55.4 Å². The van der Waals surface area contributed by atoms with Gasteiger partial charge in [-0.2, -0.15) is 0 Å². The van der Waals surface area contributed by atoms with Crippen LogP contribution in [-0.2, 0) is 55.4 Å². The lowest BCUT2D eigenvalue weighted by molar-refractivity contribution is -0.0862. The van der Waals surface area contributed by atoms with Crippen LogP contribution in [0.15, 0.2) is 0 Å². The van der Waals surface area contributed by atoms with Crippen LogP contribution in [0.2, 0.25) is 5.31 Å². The van der Waals surface area contributed by atoms with Gasteiger partial charge in [0.05, 0.1) is 28.5 Å². The van der Waals surface area contributed by atoms with Crippen LogP contribution in [0.5, 0.6) is 0 Å². The van der Waals surface area contributed by atoms with Gasteiger partial charge >= 0.3 is 43.7 Å². The van der Waals surface area contributed by atoms with Gasteiger partial charge in [-0.15, -0.1) is 0 Å². The van der Waals surface area contributed by atoms with Crippen LogP contribution in [-0.4, -0.2) is 84.4 Å². The standard InChI is InChI=1S/C26H54B6O12/c1-19(33-23(7,8)9)16-24(10,11)37-31-42-29-35-21(3)18-25(12,13)36-30-40-27(22(4,5)6)39-28(41-30)34-20(2)17-26(14,15)38-32(43-29)44-31/h19-21H,16-18H2,1-15H3.